The topological polar surface area (TPSA) is 29.1 Å². The number of hydrogen-bond donors (Lipinski definition) is 1. The molecular formula is C5H10NOY+2. The van der Waals surface area contributed by atoms with Crippen LogP contribution in [0.5, 0.6) is 0 Å². The first kappa shape index (κ1) is 11.4. The quantitative estimate of drug-likeness (QED) is 0.623. The third-order valence-electron chi connectivity index (χ3n) is 0.668. The van der Waals surface area contributed by atoms with Crippen molar-refractivity contribution in [2.24, 2.45) is 0 Å². The van der Waals surface area contributed by atoms with Crippen molar-refractivity contribution < 1.29 is 37.5 Å². The van der Waals surface area contributed by atoms with Crippen LogP contribution in [-0.2, 0) is 37.5 Å². The monoisotopic (exact) mass is 189 g/mol. The van der Waals surface area contributed by atoms with Crippen molar-refractivity contribution >= 4 is 5.91 Å². The zero-order valence-electron chi connectivity index (χ0n) is 5.27. The Hall–Kier alpha value is 0.574. The van der Waals surface area contributed by atoms with E-state index in [-0.39, 0.29) is 38.6 Å². The van der Waals surface area contributed by atoms with Crippen molar-refractivity contribution in [1.29, 1.82) is 0 Å². The van der Waals surface area contributed by atoms with E-state index >= 15 is 0 Å². The molecule has 0 radical (unpaired) electrons. The van der Waals surface area contributed by atoms with E-state index in [9.17, 15) is 4.79 Å². The van der Waals surface area contributed by atoms with E-state index in [1.165, 1.54) is 0 Å². The molecule has 0 aromatic carbocycles. The van der Waals surface area contributed by atoms with Crippen LogP contribution in [0.3, 0.4) is 0 Å². The van der Waals surface area contributed by atoms with Crippen LogP contribution in [0.4, 0.5) is 0 Å². The van der Waals surface area contributed by atoms with E-state index < -0.39 is 0 Å². The molecule has 0 aliphatic heterocycles. The Morgan fingerprint density at radius 3 is 2.38 bits per heavy atom. The van der Waals surface area contributed by atoms with E-state index in [1.807, 2.05) is 13.3 Å². The molecule has 0 bridgehead atoms. The molecular weight excluding hydrogens is 179 g/mol. The number of hydrogen-bond acceptors (Lipinski definition) is 1. The molecule has 0 rings (SSSR count). The molecule has 0 aromatic heterocycles. The number of amides is 1. The normalized spacial score (nSPS) is 7.25. The van der Waals surface area contributed by atoms with E-state index in [2.05, 4.69) is 5.32 Å². The summed E-state index contributed by atoms with van der Waals surface area (Å²) in [6, 6.07) is 0. The molecule has 0 atom stereocenters. The maximum atomic E-state index is 10.3. The Morgan fingerprint density at radius 2 is 2.25 bits per heavy atom. The van der Waals surface area contributed by atoms with Crippen LogP contribution in [0.15, 0.2) is 0 Å². The van der Waals surface area contributed by atoms with Gasteiger partial charge >= 0.3 is 32.7 Å². The molecule has 3 heteroatoms. The van der Waals surface area contributed by atoms with Gasteiger partial charge in [-0.2, -0.15) is 6.92 Å². The zero-order valence-corrected chi connectivity index (χ0v) is 8.11. The number of nitrogens with one attached hydrogen (secondary N) is 1. The largest absolute Gasteiger partial charge is 3.00 e. The molecule has 0 aliphatic rings. The Bertz CT molecular complexity index is 65.4. The Balaban J connectivity index is 0. The summed E-state index contributed by atoms with van der Waals surface area (Å²) in [5.41, 5.74) is 0. The van der Waals surface area contributed by atoms with Crippen molar-refractivity contribution in [2.75, 3.05) is 7.05 Å². The molecule has 42 valence electrons. The van der Waals surface area contributed by atoms with Gasteiger partial charge in [-0.15, -0.1) is 0 Å². The van der Waals surface area contributed by atoms with E-state index in [0.29, 0.717) is 6.42 Å². The molecule has 0 fully saturated rings. The van der Waals surface area contributed by atoms with Gasteiger partial charge in [0.15, 0.2) is 5.91 Å². The fourth-order valence-corrected chi connectivity index (χ4v) is 0.287. The van der Waals surface area contributed by atoms with Crippen molar-refractivity contribution in [3.63, 3.8) is 0 Å². The predicted octanol–water partition coefficient (Wildman–Crippen LogP) is 0.344. The summed E-state index contributed by atoms with van der Waals surface area (Å²) in [5.74, 6) is 0.0718. The van der Waals surface area contributed by atoms with Crippen molar-refractivity contribution in [2.45, 2.75) is 13.3 Å². The van der Waals surface area contributed by atoms with E-state index in [0.717, 1.165) is 0 Å². The van der Waals surface area contributed by atoms with Crippen molar-refractivity contribution in [3.8, 4) is 0 Å². The average Bonchev–Trinajstić information content (AvgIpc) is 1.68. The Kier molecular flexibility index (Phi) is 10.8. The standard InChI is InChI=1S/C5H10NO.Y/c1-3-4-5(7)6-2;/h3H,4H2,1-2H3,(H,6,7);/q-1;+3. The molecule has 0 aromatic rings. The molecule has 1 N–H and O–H groups in total. The molecule has 1 amide bonds. The van der Waals surface area contributed by atoms with Crippen LogP contribution >= 0.6 is 0 Å². The van der Waals surface area contributed by atoms with Gasteiger partial charge in [-0.25, -0.2) is 0 Å². The number of carbonyl (C=O) groups is 1. The van der Waals surface area contributed by atoms with Gasteiger partial charge in [-0.1, -0.05) is 6.42 Å². The maximum absolute atomic E-state index is 10.3. The fraction of sp³-hybridized carbons (Fsp3) is 0.600. The van der Waals surface area contributed by atoms with Gasteiger partial charge in [0.1, 0.15) is 0 Å². The maximum Gasteiger partial charge on any atom is 3.00 e. The zero-order chi connectivity index (χ0) is 5.70. The second kappa shape index (κ2) is 7.57. The Morgan fingerprint density at radius 1 is 1.75 bits per heavy atom. The third kappa shape index (κ3) is 6.57. The minimum Gasteiger partial charge on any atom is -0.361 e. The van der Waals surface area contributed by atoms with Crippen LogP contribution < -0.4 is 5.32 Å². The summed E-state index contributed by atoms with van der Waals surface area (Å²) < 4.78 is 0. The van der Waals surface area contributed by atoms with Crippen LogP contribution in [0, 0.1) is 6.42 Å². The smallest absolute Gasteiger partial charge is 0.361 e. The molecule has 0 saturated carbocycles. The van der Waals surface area contributed by atoms with Gasteiger partial charge in [0.25, 0.3) is 0 Å². The van der Waals surface area contributed by atoms with Crippen LogP contribution in [0.2, 0.25) is 0 Å². The molecule has 0 aliphatic carbocycles. The SMILES string of the molecule is C[CH-]CC(=O)NC.[Y+3]. The van der Waals surface area contributed by atoms with Crippen molar-refractivity contribution in [1.82, 2.24) is 5.32 Å². The van der Waals surface area contributed by atoms with Gasteiger partial charge in [0, 0.05) is 7.05 Å². The first-order valence-corrected chi connectivity index (χ1v) is 2.29. The first-order valence-electron chi connectivity index (χ1n) is 2.29. The van der Waals surface area contributed by atoms with Gasteiger partial charge in [0.2, 0.25) is 0 Å². The van der Waals surface area contributed by atoms with Crippen molar-refractivity contribution in [3.05, 3.63) is 6.42 Å². The second-order valence-corrected chi connectivity index (χ2v) is 1.29. The number of carbonyl (C=O) groups excluding carboxylic acids is 1. The van der Waals surface area contributed by atoms with Crippen LogP contribution in [-0.4, -0.2) is 13.0 Å². The molecule has 8 heavy (non-hydrogen) atoms. The molecule has 0 spiro atoms. The summed E-state index contributed by atoms with van der Waals surface area (Å²) in [6.45, 7) is 1.86. The Labute approximate surface area is 75.3 Å². The average molecular weight is 189 g/mol. The second-order valence-electron chi connectivity index (χ2n) is 1.29. The van der Waals surface area contributed by atoms with Gasteiger partial charge in [0.05, 0.1) is 0 Å². The third-order valence-corrected chi connectivity index (χ3v) is 0.668. The molecule has 0 heterocycles. The molecule has 0 saturated heterocycles. The first-order chi connectivity index (χ1) is 3.31. The van der Waals surface area contributed by atoms with Gasteiger partial charge in [-0.05, 0) is 0 Å². The van der Waals surface area contributed by atoms with E-state index in [1.54, 1.807) is 7.05 Å². The van der Waals surface area contributed by atoms with Crippen LogP contribution in [0.25, 0.3) is 0 Å². The summed E-state index contributed by atoms with van der Waals surface area (Å²) in [6.07, 6.45) is 2.34. The summed E-state index contributed by atoms with van der Waals surface area (Å²) in [7, 11) is 1.63. The fourth-order valence-electron chi connectivity index (χ4n) is 0.287. The molecule has 2 nitrogen and oxygen atoms in total. The summed E-state index contributed by atoms with van der Waals surface area (Å²) in [4.78, 5) is 10.3. The summed E-state index contributed by atoms with van der Waals surface area (Å²) >= 11 is 0. The number of rotatable bonds is 2. The minimum absolute atomic E-state index is 0. The van der Waals surface area contributed by atoms with E-state index in [4.69, 9.17) is 0 Å². The predicted molar refractivity (Wildman–Crippen MR) is 28.7 cm³/mol. The molecule has 0 unspecified atom stereocenters. The van der Waals surface area contributed by atoms with Gasteiger partial charge in [-0.3, -0.25) is 4.79 Å². The minimum atomic E-state index is 0. The van der Waals surface area contributed by atoms with Gasteiger partial charge < -0.3 is 11.7 Å². The summed E-state index contributed by atoms with van der Waals surface area (Å²) in [5, 5.41) is 2.50. The van der Waals surface area contributed by atoms with Crippen LogP contribution in [0.1, 0.15) is 13.3 Å².